The van der Waals surface area contributed by atoms with Crippen molar-refractivity contribution in [2.45, 2.75) is 136 Å². The minimum atomic E-state index is -0.652. The lowest BCUT2D eigenvalue weighted by Crippen LogP contribution is -2.45. The second-order valence-electron chi connectivity index (χ2n) is 9.12. The number of ether oxygens (including phenoxy) is 2. The van der Waals surface area contributed by atoms with E-state index in [4.69, 9.17) is 9.47 Å². The highest BCUT2D eigenvalue weighted by Crippen LogP contribution is 2.13. The van der Waals surface area contributed by atoms with Crippen molar-refractivity contribution in [1.29, 1.82) is 0 Å². The van der Waals surface area contributed by atoms with Gasteiger partial charge in [0.1, 0.15) is 6.04 Å². The quantitative estimate of drug-likeness (QED) is 0.147. The summed E-state index contributed by atoms with van der Waals surface area (Å²) >= 11 is 0. The number of hydrogen-bond donors (Lipinski definition) is 1. The summed E-state index contributed by atoms with van der Waals surface area (Å²) in [6.07, 6.45) is 19.4. The minimum Gasteiger partial charge on any atom is -0.464 e. The lowest BCUT2D eigenvalue weighted by atomic mass is 10.0. The Kier molecular flexibility index (Phi) is 21.1. The zero-order valence-electron chi connectivity index (χ0n) is 21.0. The second-order valence-corrected chi connectivity index (χ2v) is 9.12. The fraction of sp³-hybridized carbons (Fsp3) is 0.923. The first-order valence-corrected chi connectivity index (χ1v) is 13.1. The maximum Gasteiger partial charge on any atom is 0.407 e. The van der Waals surface area contributed by atoms with E-state index in [2.05, 4.69) is 12.2 Å². The van der Waals surface area contributed by atoms with Crippen molar-refractivity contribution in [2.75, 3.05) is 13.2 Å². The minimum absolute atomic E-state index is 0.0393. The van der Waals surface area contributed by atoms with Crippen LogP contribution >= 0.6 is 0 Å². The van der Waals surface area contributed by atoms with Crippen LogP contribution in [0.4, 0.5) is 4.79 Å². The van der Waals surface area contributed by atoms with E-state index < -0.39 is 12.1 Å². The van der Waals surface area contributed by atoms with Gasteiger partial charge in [0.25, 0.3) is 0 Å². The lowest BCUT2D eigenvalue weighted by molar-refractivity contribution is -0.147. The molecule has 0 aliphatic heterocycles. The Morgan fingerprint density at radius 2 is 1.03 bits per heavy atom. The smallest absolute Gasteiger partial charge is 0.407 e. The molecule has 1 N–H and O–H groups in total. The van der Waals surface area contributed by atoms with E-state index in [9.17, 15) is 9.59 Å². The third-order valence-corrected chi connectivity index (χ3v) is 5.67. The van der Waals surface area contributed by atoms with Gasteiger partial charge in [0.05, 0.1) is 13.2 Å². The fourth-order valence-corrected chi connectivity index (χ4v) is 3.53. The Bertz CT molecular complexity index is 426. The van der Waals surface area contributed by atoms with Gasteiger partial charge >= 0.3 is 12.1 Å². The Labute approximate surface area is 192 Å². The molecule has 0 aromatic rings. The van der Waals surface area contributed by atoms with Crippen molar-refractivity contribution < 1.29 is 19.1 Å². The molecule has 0 fully saturated rings. The van der Waals surface area contributed by atoms with Gasteiger partial charge in [0, 0.05) is 0 Å². The van der Waals surface area contributed by atoms with Crippen LogP contribution in [-0.2, 0) is 14.3 Å². The number of rotatable bonds is 21. The van der Waals surface area contributed by atoms with Crippen LogP contribution in [-0.4, -0.2) is 31.3 Å². The number of esters is 1. The number of nitrogens with one attached hydrogen (secondary N) is 1. The summed E-state index contributed by atoms with van der Waals surface area (Å²) in [6, 6.07) is -0.652. The largest absolute Gasteiger partial charge is 0.464 e. The van der Waals surface area contributed by atoms with E-state index in [1.807, 2.05) is 20.8 Å². The molecular weight excluding hydrogens is 390 g/mol. The van der Waals surface area contributed by atoms with E-state index in [1.54, 1.807) is 0 Å². The first-order valence-electron chi connectivity index (χ1n) is 13.1. The van der Waals surface area contributed by atoms with E-state index in [1.165, 1.54) is 77.0 Å². The predicted molar refractivity (Wildman–Crippen MR) is 129 cm³/mol. The molecule has 0 radical (unpaired) electrons. The summed E-state index contributed by atoms with van der Waals surface area (Å²) in [5, 5.41) is 2.64. The molecule has 1 amide bonds. The van der Waals surface area contributed by atoms with Crippen molar-refractivity contribution in [3.05, 3.63) is 0 Å². The molecule has 0 aromatic carbocycles. The van der Waals surface area contributed by atoms with Crippen LogP contribution in [0.5, 0.6) is 0 Å². The van der Waals surface area contributed by atoms with Gasteiger partial charge < -0.3 is 14.8 Å². The number of hydrogen-bond acceptors (Lipinski definition) is 4. The van der Waals surface area contributed by atoms with Gasteiger partial charge in [-0.25, -0.2) is 9.59 Å². The summed E-state index contributed by atoms with van der Waals surface area (Å²) in [5.74, 6) is -0.403. The zero-order chi connectivity index (χ0) is 23.2. The van der Waals surface area contributed by atoms with E-state index >= 15 is 0 Å². The van der Waals surface area contributed by atoms with Crippen LogP contribution < -0.4 is 5.32 Å². The van der Waals surface area contributed by atoms with Crippen LogP contribution in [0.2, 0.25) is 0 Å². The summed E-state index contributed by atoms with van der Waals surface area (Å²) in [5.41, 5.74) is 0. The fourth-order valence-electron chi connectivity index (χ4n) is 3.53. The zero-order valence-corrected chi connectivity index (χ0v) is 21.0. The van der Waals surface area contributed by atoms with Gasteiger partial charge in [-0.15, -0.1) is 0 Å². The third-order valence-electron chi connectivity index (χ3n) is 5.67. The van der Waals surface area contributed by atoms with Crippen LogP contribution in [0.3, 0.4) is 0 Å². The van der Waals surface area contributed by atoms with Crippen LogP contribution in [0.25, 0.3) is 0 Å². The molecule has 0 bridgehead atoms. The molecule has 0 aromatic heterocycles. The molecule has 0 spiro atoms. The number of amides is 1. The van der Waals surface area contributed by atoms with Gasteiger partial charge in [0.15, 0.2) is 0 Å². The molecule has 0 saturated carbocycles. The maximum absolute atomic E-state index is 12.3. The predicted octanol–water partition coefficient (Wildman–Crippen LogP) is 7.56. The summed E-state index contributed by atoms with van der Waals surface area (Å²) in [7, 11) is 0. The highest BCUT2D eigenvalue weighted by molar-refractivity contribution is 5.81. The van der Waals surface area contributed by atoms with Crippen LogP contribution in [0.15, 0.2) is 0 Å². The number of carbonyl (C=O) groups is 2. The summed E-state index contributed by atoms with van der Waals surface area (Å²) < 4.78 is 10.5. The Balaban J connectivity index is 3.62. The SMILES string of the molecule is CCCCCCCCCCCCCCCCOC(=O)[C@@H](NC(=O)OCCCC)C(C)C. The molecule has 0 aliphatic rings. The number of carbonyl (C=O) groups excluding carboxylic acids is 2. The van der Waals surface area contributed by atoms with Gasteiger partial charge in [-0.2, -0.15) is 0 Å². The normalized spacial score (nSPS) is 12.0. The Morgan fingerprint density at radius 3 is 1.48 bits per heavy atom. The molecule has 0 unspecified atom stereocenters. The van der Waals surface area contributed by atoms with Crippen molar-refractivity contribution in [1.82, 2.24) is 5.32 Å². The van der Waals surface area contributed by atoms with Crippen molar-refractivity contribution in [3.63, 3.8) is 0 Å². The Morgan fingerprint density at radius 1 is 0.613 bits per heavy atom. The molecule has 0 heterocycles. The van der Waals surface area contributed by atoms with E-state index in [-0.39, 0.29) is 11.9 Å². The van der Waals surface area contributed by atoms with E-state index in [0.29, 0.717) is 13.2 Å². The second kappa shape index (κ2) is 22.0. The average Bonchev–Trinajstić information content (AvgIpc) is 2.74. The topological polar surface area (TPSA) is 64.6 Å². The molecule has 0 rings (SSSR count). The average molecular weight is 442 g/mol. The molecule has 5 heteroatoms. The highest BCUT2D eigenvalue weighted by atomic mass is 16.6. The van der Waals surface area contributed by atoms with Gasteiger partial charge in [-0.05, 0) is 18.8 Å². The number of unbranched alkanes of at least 4 members (excludes halogenated alkanes) is 14. The number of alkyl carbamates (subject to hydrolysis) is 1. The molecule has 1 atom stereocenters. The van der Waals surface area contributed by atoms with Crippen molar-refractivity contribution >= 4 is 12.1 Å². The molecule has 0 saturated heterocycles. The standard InChI is InChI=1S/C26H51NO4/c1-5-7-9-10-11-12-13-14-15-16-17-18-19-20-22-30-25(28)24(23(3)4)27-26(29)31-21-8-6-2/h23-24H,5-22H2,1-4H3,(H,27,29)/t24-/m0/s1. The highest BCUT2D eigenvalue weighted by Gasteiger charge is 2.26. The first kappa shape index (κ1) is 29.7. The molecule has 31 heavy (non-hydrogen) atoms. The Hall–Kier alpha value is -1.26. The van der Waals surface area contributed by atoms with Gasteiger partial charge in [-0.3, -0.25) is 0 Å². The molecular formula is C26H51NO4. The molecule has 0 aliphatic carbocycles. The van der Waals surface area contributed by atoms with Crippen molar-refractivity contribution in [3.8, 4) is 0 Å². The van der Waals surface area contributed by atoms with Crippen LogP contribution in [0, 0.1) is 5.92 Å². The van der Waals surface area contributed by atoms with Crippen LogP contribution in [0.1, 0.15) is 130 Å². The molecule has 5 nitrogen and oxygen atoms in total. The summed E-state index contributed by atoms with van der Waals surface area (Å²) in [4.78, 5) is 24.1. The molecule has 184 valence electrons. The van der Waals surface area contributed by atoms with Crippen molar-refractivity contribution in [2.24, 2.45) is 5.92 Å². The third kappa shape index (κ3) is 19.2. The lowest BCUT2D eigenvalue weighted by Gasteiger charge is -2.20. The van der Waals surface area contributed by atoms with Gasteiger partial charge in [0.2, 0.25) is 0 Å². The first-order chi connectivity index (χ1) is 15.0. The van der Waals surface area contributed by atoms with Gasteiger partial charge in [-0.1, -0.05) is 118 Å². The summed E-state index contributed by atoms with van der Waals surface area (Å²) in [6.45, 7) is 8.89. The van der Waals surface area contributed by atoms with E-state index in [0.717, 1.165) is 25.7 Å². The maximum atomic E-state index is 12.3. The monoisotopic (exact) mass is 441 g/mol.